The van der Waals surface area contributed by atoms with Crippen molar-refractivity contribution in [1.82, 2.24) is 0 Å². The van der Waals surface area contributed by atoms with E-state index < -0.39 is 0 Å². The van der Waals surface area contributed by atoms with Crippen molar-refractivity contribution in [2.45, 2.75) is 33.1 Å². The molecule has 1 aliphatic rings. The highest BCUT2D eigenvalue weighted by Crippen LogP contribution is 2.22. The fourth-order valence-corrected chi connectivity index (χ4v) is 3.55. The summed E-state index contributed by atoms with van der Waals surface area (Å²) in [4.78, 5) is 12.2. The van der Waals surface area contributed by atoms with Crippen LogP contribution in [0.3, 0.4) is 0 Å². The fourth-order valence-electron chi connectivity index (χ4n) is 3.55. The second-order valence-electron chi connectivity index (χ2n) is 6.68. The Bertz CT molecular complexity index is 683. The molecular weight excluding hydrogens is 290 g/mol. The third kappa shape index (κ3) is 3.58. The van der Waals surface area contributed by atoms with Gasteiger partial charge in [-0.05, 0) is 51.3 Å². The average molecular weight is 316 g/mol. The Kier molecular flexibility index (Phi) is 4.71. The van der Waals surface area contributed by atoms with E-state index in [4.69, 9.17) is 9.15 Å². The Morgan fingerprint density at radius 2 is 2.00 bits per heavy atom. The Morgan fingerprint density at radius 3 is 2.74 bits per heavy atom. The van der Waals surface area contributed by atoms with E-state index in [-0.39, 0.29) is 5.97 Å². The first-order valence-corrected chi connectivity index (χ1v) is 8.64. The number of esters is 1. The van der Waals surface area contributed by atoms with E-state index in [2.05, 4.69) is 6.92 Å². The summed E-state index contributed by atoms with van der Waals surface area (Å²) in [5, 5.41) is 0.949. The van der Waals surface area contributed by atoms with E-state index in [9.17, 15) is 4.79 Å². The van der Waals surface area contributed by atoms with E-state index in [0.717, 1.165) is 34.1 Å². The topological polar surface area (TPSA) is 39.4 Å². The van der Waals surface area contributed by atoms with E-state index in [0.29, 0.717) is 12.4 Å². The molecule has 0 amide bonds. The molecule has 2 aromatic rings. The quantitative estimate of drug-likeness (QED) is 0.620. The van der Waals surface area contributed by atoms with Crippen LogP contribution in [0.25, 0.3) is 11.0 Å². The van der Waals surface area contributed by atoms with E-state index in [1.165, 1.54) is 32.4 Å². The summed E-state index contributed by atoms with van der Waals surface area (Å²) in [7, 11) is 0. The number of hydrogen-bond acceptors (Lipinski definition) is 3. The van der Waals surface area contributed by atoms with Gasteiger partial charge in [-0.1, -0.05) is 11.6 Å². The Hall–Kier alpha value is -1.81. The van der Waals surface area contributed by atoms with Crippen LogP contribution in [0, 0.1) is 6.92 Å². The monoisotopic (exact) mass is 316 g/mol. The highest BCUT2D eigenvalue weighted by Gasteiger charge is 2.28. The first-order valence-electron chi connectivity index (χ1n) is 8.64. The minimum absolute atomic E-state index is 0.298. The molecule has 0 bridgehead atoms. The second-order valence-corrected chi connectivity index (χ2v) is 6.68. The van der Waals surface area contributed by atoms with Gasteiger partial charge in [0.2, 0.25) is 5.76 Å². The van der Waals surface area contributed by atoms with Gasteiger partial charge in [0.15, 0.2) is 0 Å². The van der Waals surface area contributed by atoms with Crippen LogP contribution in [-0.2, 0) is 4.74 Å². The number of fused-ring (bicyclic) bond motifs is 1. The van der Waals surface area contributed by atoms with Crippen LogP contribution in [0.5, 0.6) is 0 Å². The molecule has 0 atom stereocenters. The van der Waals surface area contributed by atoms with Gasteiger partial charge in [-0.25, -0.2) is 4.79 Å². The molecule has 124 valence electrons. The zero-order chi connectivity index (χ0) is 16.3. The molecular formula is C19H26NO3+. The molecule has 1 aromatic heterocycles. The maximum absolute atomic E-state index is 12.2. The van der Waals surface area contributed by atoms with Crippen molar-refractivity contribution < 1.29 is 18.4 Å². The van der Waals surface area contributed by atoms with Gasteiger partial charge in [-0.15, -0.1) is 0 Å². The van der Waals surface area contributed by atoms with Crippen molar-refractivity contribution in [1.29, 1.82) is 0 Å². The summed E-state index contributed by atoms with van der Waals surface area (Å²) >= 11 is 0. The number of benzene rings is 1. The van der Waals surface area contributed by atoms with Crippen molar-refractivity contribution in [3.63, 3.8) is 0 Å². The number of quaternary nitrogens is 1. The summed E-state index contributed by atoms with van der Waals surface area (Å²) in [6.45, 7) is 9.15. The molecule has 0 aliphatic carbocycles. The number of aryl methyl sites for hydroxylation is 1. The van der Waals surface area contributed by atoms with Crippen molar-refractivity contribution in [2.24, 2.45) is 0 Å². The van der Waals surface area contributed by atoms with Crippen LogP contribution in [0.2, 0.25) is 0 Å². The number of piperidine rings is 1. The van der Waals surface area contributed by atoms with Crippen molar-refractivity contribution in [3.05, 3.63) is 35.6 Å². The molecule has 1 saturated heterocycles. The number of rotatable bonds is 5. The standard InChI is InChI=1S/C19H26NO3/c1-3-20(9-5-4-6-10-20)11-12-22-19(21)18-14-16-13-15(2)7-8-17(16)23-18/h7-8,13-14H,3-6,9-12H2,1-2H3/q+1. The van der Waals surface area contributed by atoms with Crippen LogP contribution in [0.15, 0.2) is 28.7 Å². The maximum Gasteiger partial charge on any atom is 0.374 e. The summed E-state index contributed by atoms with van der Waals surface area (Å²) in [5.74, 6) is -0.0580. The third-order valence-electron chi connectivity index (χ3n) is 5.11. The zero-order valence-corrected chi connectivity index (χ0v) is 14.1. The van der Waals surface area contributed by atoms with E-state index in [1.807, 2.05) is 25.1 Å². The molecule has 0 spiro atoms. The predicted octanol–water partition coefficient (Wildman–Crippen LogP) is 3.92. The minimum atomic E-state index is -0.356. The lowest BCUT2D eigenvalue weighted by Crippen LogP contribution is -2.53. The number of carbonyl (C=O) groups is 1. The molecule has 3 rings (SSSR count). The normalized spacial score (nSPS) is 17.3. The number of carbonyl (C=O) groups excluding carboxylic acids is 1. The lowest BCUT2D eigenvalue weighted by Gasteiger charge is -2.40. The molecule has 23 heavy (non-hydrogen) atoms. The fraction of sp³-hybridized carbons (Fsp3) is 0.526. The van der Waals surface area contributed by atoms with Gasteiger partial charge in [-0.3, -0.25) is 0 Å². The largest absolute Gasteiger partial charge is 0.454 e. The zero-order valence-electron chi connectivity index (χ0n) is 14.1. The molecule has 0 radical (unpaired) electrons. The number of nitrogens with zero attached hydrogens (tertiary/aromatic N) is 1. The van der Waals surface area contributed by atoms with Gasteiger partial charge in [-0.2, -0.15) is 0 Å². The number of ether oxygens (including phenoxy) is 1. The van der Waals surface area contributed by atoms with Crippen LogP contribution in [0.4, 0.5) is 0 Å². The molecule has 1 aromatic carbocycles. The molecule has 0 saturated carbocycles. The van der Waals surface area contributed by atoms with Gasteiger partial charge in [0.1, 0.15) is 18.7 Å². The van der Waals surface area contributed by atoms with Crippen molar-refractivity contribution >= 4 is 16.9 Å². The number of hydrogen-bond donors (Lipinski definition) is 0. The highest BCUT2D eigenvalue weighted by atomic mass is 16.5. The second kappa shape index (κ2) is 6.75. The first-order chi connectivity index (χ1) is 11.1. The highest BCUT2D eigenvalue weighted by molar-refractivity contribution is 5.92. The van der Waals surface area contributed by atoms with Gasteiger partial charge in [0.25, 0.3) is 0 Å². The molecule has 1 aliphatic heterocycles. The summed E-state index contributed by atoms with van der Waals surface area (Å²) in [6.07, 6.45) is 3.90. The van der Waals surface area contributed by atoms with E-state index >= 15 is 0 Å². The van der Waals surface area contributed by atoms with Crippen LogP contribution in [0.1, 0.15) is 42.3 Å². The molecule has 2 heterocycles. The SMILES string of the molecule is CC[N+]1(CCOC(=O)c2cc3cc(C)ccc3o2)CCCCC1. The number of likely N-dealkylation sites (N-methyl/N-ethyl adjacent to an activating group) is 1. The maximum atomic E-state index is 12.2. The predicted molar refractivity (Wildman–Crippen MR) is 90.5 cm³/mol. The molecule has 4 nitrogen and oxygen atoms in total. The minimum Gasteiger partial charge on any atom is -0.454 e. The van der Waals surface area contributed by atoms with E-state index in [1.54, 1.807) is 6.07 Å². The smallest absolute Gasteiger partial charge is 0.374 e. The lowest BCUT2D eigenvalue weighted by molar-refractivity contribution is -0.930. The Balaban J connectivity index is 1.59. The number of likely N-dealkylation sites (tertiary alicyclic amines) is 1. The summed E-state index contributed by atoms with van der Waals surface area (Å²) in [5.41, 5.74) is 1.88. The molecule has 4 heteroatoms. The summed E-state index contributed by atoms with van der Waals surface area (Å²) in [6, 6.07) is 7.66. The molecule has 0 unspecified atom stereocenters. The van der Waals surface area contributed by atoms with Crippen LogP contribution in [-0.4, -0.2) is 43.2 Å². The average Bonchev–Trinajstić information content (AvgIpc) is 2.99. The first kappa shape index (κ1) is 16.1. The molecule has 0 N–H and O–H groups in total. The number of furan rings is 1. The van der Waals surface area contributed by atoms with Crippen molar-refractivity contribution in [3.8, 4) is 0 Å². The van der Waals surface area contributed by atoms with Crippen molar-refractivity contribution in [2.75, 3.05) is 32.8 Å². The van der Waals surface area contributed by atoms with Gasteiger partial charge < -0.3 is 13.6 Å². The summed E-state index contributed by atoms with van der Waals surface area (Å²) < 4.78 is 12.1. The molecule has 1 fully saturated rings. The van der Waals surface area contributed by atoms with Crippen LogP contribution >= 0.6 is 0 Å². The Morgan fingerprint density at radius 1 is 1.22 bits per heavy atom. The van der Waals surface area contributed by atoms with Gasteiger partial charge in [0, 0.05) is 5.39 Å². The lowest BCUT2D eigenvalue weighted by atomic mass is 10.1. The Labute approximate surface area is 137 Å². The third-order valence-corrected chi connectivity index (χ3v) is 5.11. The van der Waals surface area contributed by atoms with Gasteiger partial charge in [0.05, 0.1) is 19.6 Å². The van der Waals surface area contributed by atoms with Crippen LogP contribution < -0.4 is 0 Å². The van der Waals surface area contributed by atoms with Gasteiger partial charge >= 0.3 is 5.97 Å².